The minimum absolute atomic E-state index is 0.0259. The number of nitrogens with one attached hydrogen (secondary N) is 1. The molecule has 5 heteroatoms. The molecule has 1 amide bonds. The highest BCUT2D eigenvalue weighted by molar-refractivity contribution is 5.81. The number of aliphatic hydroxyl groups excluding tert-OH is 1. The molecular weight excluding hydrogens is 206 g/mol. The standard InChI is InChI=1S/C11H19N3O2/c1-11(2,3)10(16)12-5-9-8(7-15)6-14(4)13-9/h6,15H,5,7H2,1-4H3,(H,12,16). The van der Waals surface area contributed by atoms with E-state index in [1.807, 2.05) is 20.8 Å². The highest BCUT2D eigenvalue weighted by Crippen LogP contribution is 2.13. The molecule has 5 nitrogen and oxygen atoms in total. The van der Waals surface area contributed by atoms with E-state index in [1.54, 1.807) is 17.9 Å². The summed E-state index contributed by atoms with van der Waals surface area (Å²) in [4.78, 5) is 11.6. The molecule has 0 bridgehead atoms. The highest BCUT2D eigenvalue weighted by atomic mass is 16.3. The minimum Gasteiger partial charge on any atom is -0.392 e. The lowest BCUT2D eigenvalue weighted by Gasteiger charge is -2.17. The number of nitrogens with zero attached hydrogens (tertiary/aromatic N) is 2. The van der Waals surface area contributed by atoms with Crippen molar-refractivity contribution in [2.75, 3.05) is 0 Å². The van der Waals surface area contributed by atoms with E-state index in [0.29, 0.717) is 12.2 Å². The van der Waals surface area contributed by atoms with Crippen LogP contribution in [-0.4, -0.2) is 20.8 Å². The first-order valence-corrected chi connectivity index (χ1v) is 5.25. The number of carbonyl (C=O) groups is 1. The maximum Gasteiger partial charge on any atom is 0.225 e. The molecular formula is C11H19N3O2. The van der Waals surface area contributed by atoms with Gasteiger partial charge in [0.2, 0.25) is 5.91 Å². The molecule has 0 unspecified atom stereocenters. The normalized spacial score (nSPS) is 11.6. The first-order chi connectivity index (χ1) is 7.34. The summed E-state index contributed by atoms with van der Waals surface area (Å²) in [6.45, 7) is 5.86. The van der Waals surface area contributed by atoms with Gasteiger partial charge in [-0.1, -0.05) is 20.8 Å². The Morgan fingerprint density at radius 3 is 2.69 bits per heavy atom. The molecule has 1 rings (SSSR count). The van der Waals surface area contributed by atoms with Crippen LogP contribution in [-0.2, 0) is 25.0 Å². The molecule has 0 radical (unpaired) electrons. The average Bonchev–Trinajstić information content (AvgIpc) is 2.53. The van der Waals surface area contributed by atoms with Crippen molar-refractivity contribution in [1.29, 1.82) is 0 Å². The summed E-state index contributed by atoms with van der Waals surface area (Å²) in [5.41, 5.74) is 1.05. The summed E-state index contributed by atoms with van der Waals surface area (Å²) in [6.07, 6.45) is 1.75. The minimum atomic E-state index is -0.409. The zero-order valence-corrected chi connectivity index (χ0v) is 10.2. The van der Waals surface area contributed by atoms with Crippen LogP contribution < -0.4 is 5.32 Å². The molecule has 0 aliphatic carbocycles. The molecule has 0 fully saturated rings. The van der Waals surface area contributed by atoms with E-state index in [1.165, 1.54) is 0 Å². The Labute approximate surface area is 95.5 Å². The lowest BCUT2D eigenvalue weighted by Crippen LogP contribution is -2.34. The zero-order valence-electron chi connectivity index (χ0n) is 10.2. The van der Waals surface area contributed by atoms with Crippen LogP contribution in [0.25, 0.3) is 0 Å². The summed E-state index contributed by atoms with van der Waals surface area (Å²) in [5, 5.41) is 16.1. The summed E-state index contributed by atoms with van der Waals surface area (Å²) >= 11 is 0. The second kappa shape index (κ2) is 4.65. The van der Waals surface area contributed by atoms with Crippen molar-refractivity contribution >= 4 is 5.91 Å². The maximum atomic E-state index is 11.6. The van der Waals surface area contributed by atoms with E-state index in [-0.39, 0.29) is 12.5 Å². The van der Waals surface area contributed by atoms with Gasteiger partial charge in [0.15, 0.2) is 0 Å². The van der Waals surface area contributed by atoms with Crippen LogP contribution >= 0.6 is 0 Å². The van der Waals surface area contributed by atoms with Crippen LogP contribution in [0.4, 0.5) is 0 Å². The smallest absolute Gasteiger partial charge is 0.225 e. The molecule has 0 aromatic carbocycles. The number of aromatic nitrogens is 2. The van der Waals surface area contributed by atoms with Crippen LogP contribution in [0.1, 0.15) is 32.0 Å². The third-order valence-electron chi connectivity index (χ3n) is 2.26. The zero-order chi connectivity index (χ0) is 12.3. The van der Waals surface area contributed by atoms with Crippen molar-refractivity contribution < 1.29 is 9.90 Å². The first kappa shape index (κ1) is 12.7. The molecule has 0 saturated carbocycles. The Morgan fingerprint density at radius 2 is 2.19 bits per heavy atom. The lowest BCUT2D eigenvalue weighted by atomic mass is 9.96. The fourth-order valence-electron chi connectivity index (χ4n) is 1.29. The highest BCUT2D eigenvalue weighted by Gasteiger charge is 2.21. The molecule has 2 N–H and O–H groups in total. The van der Waals surface area contributed by atoms with Gasteiger partial charge in [-0.25, -0.2) is 0 Å². The van der Waals surface area contributed by atoms with Crippen LogP contribution in [0.3, 0.4) is 0 Å². The van der Waals surface area contributed by atoms with Gasteiger partial charge in [-0.15, -0.1) is 0 Å². The Hall–Kier alpha value is -1.36. The lowest BCUT2D eigenvalue weighted by molar-refractivity contribution is -0.128. The maximum absolute atomic E-state index is 11.6. The Morgan fingerprint density at radius 1 is 1.56 bits per heavy atom. The molecule has 0 atom stereocenters. The Bertz CT molecular complexity index is 377. The van der Waals surface area contributed by atoms with Gasteiger partial charge in [0.25, 0.3) is 0 Å². The van der Waals surface area contributed by atoms with Crippen molar-refractivity contribution in [2.45, 2.75) is 33.9 Å². The van der Waals surface area contributed by atoms with E-state index in [2.05, 4.69) is 10.4 Å². The van der Waals surface area contributed by atoms with Gasteiger partial charge in [0.05, 0.1) is 18.8 Å². The van der Waals surface area contributed by atoms with E-state index in [9.17, 15) is 4.79 Å². The van der Waals surface area contributed by atoms with Gasteiger partial charge in [-0.2, -0.15) is 5.10 Å². The predicted octanol–water partition coefficient (Wildman–Crippen LogP) is 0.575. The molecule has 0 saturated heterocycles. The average molecular weight is 225 g/mol. The monoisotopic (exact) mass is 225 g/mol. The topological polar surface area (TPSA) is 67.2 Å². The van der Waals surface area contributed by atoms with E-state index >= 15 is 0 Å². The van der Waals surface area contributed by atoms with E-state index in [4.69, 9.17) is 5.11 Å². The van der Waals surface area contributed by atoms with Gasteiger partial charge in [0, 0.05) is 24.2 Å². The van der Waals surface area contributed by atoms with Crippen LogP contribution in [0, 0.1) is 5.41 Å². The molecule has 1 aromatic heterocycles. The molecule has 0 aliphatic rings. The molecule has 0 spiro atoms. The van der Waals surface area contributed by atoms with Crippen molar-refractivity contribution in [2.24, 2.45) is 12.5 Å². The Balaban J connectivity index is 2.64. The largest absolute Gasteiger partial charge is 0.392 e. The first-order valence-electron chi connectivity index (χ1n) is 5.25. The fraction of sp³-hybridized carbons (Fsp3) is 0.636. The van der Waals surface area contributed by atoms with Gasteiger partial charge < -0.3 is 10.4 Å². The van der Waals surface area contributed by atoms with Crippen molar-refractivity contribution in [1.82, 2.24) is 15.1 Å². The van der Waals surface area contributed by atoms with Gasteiger partial charge in [-0.3, -0.25) is 9.48 Å². The van der Waals surface area contributed by atoms with Gasteiger partial charge in [-0.05, 0) is 0 Å². The van der Waals surface area contributed by atoms with Crippen LogP contribution in [0.15, 0.2) is 6.20 Å². The second-order valence-electron chi connectivity index (χ2n) is 4.87. The van der Waals surface area contributed by atoms with Crippen LogP contribution in [0.2, 0.25) is 0 Å². The van der Waals surface area contributed by atoms with Crippen molar-refractivity contribution in [3.8, 4) is 0 Å². The molecule has 1 heterocycles. The Kier molecular flexibility index (Phi) is 3.70. The fourth-order valence-corrected chi connectivity index (χ4v) is 1.29. The predicted molar refractivity (Wildman–Crippen MR) is 60.4 cm³/mol. The number of aliphatic hydroxyl groups is 1. The van der Waals surface area contributed by atoms with E-state index in [0.717, 1.165) is 5.56 Å². The third-order valence-corrected chi connectivity index (χ3v) is 2.26. The van der Waals surface area contributed by atoms with E-state index < -0.39 is 5.41 Å². The summed E-state index contributed by atoms with van der Waals surface area (Å²) in [6, 6.07) is 0. The second-order valence-corrected chi connectivity index (χ2v) is 4.87. The number of aryl methyl sites for hydroxylation is 1. The number of carbonyl (C=O) groups excluding carboxylic acids is 1. The van der Waals surface area contributed by atoms with Crippen molar-refractivity contribution in [3.05, 3.63) is 17.5 Å². The molecule has 16 heavy (non-hydrogen) atoms. The number of rotatable bonds is 3. The van der Waals surface area contributed by atoms with Crippen molar-refractivity contribution in [3.63, 3.8) is 0 Å². The quantitative estimate of drug-likeness (QED) is 0.790. The SMILES string of the molecule is Cn1cc(CO)c(CNC(=O)C(C)(C)C)n1. The molecule has 90 valence electrons. The number of hydrogen-bond acceptors (Lipinski definition) is 3. The third kappa shape index (κ3) is 3.06. The summed E-state index contributed by atoms with van der Waals surface area (Å²) < 4.78 is 1.63. The van der Waals surface area contributed by atoms with Crippen LogP contribution in [0.5, 0.6) is 0 Å². The van der Waals surface area contributed by atoms with Gasteiger partial charge in [0.1, 0.15) is 0 Å². The molecule has 1 aromatic rings. The van der Waals surface area contributed by atoms with Gasteiger partial charge >= 0.3 is 0 Å². The summed E-state index contributed by atoms with van der Waals surface area (Å²) in [7, 11) is 1.79. The molecule has 0 aliphatic heterocycles. The number of hydrogen-bond donors (Lipinski definition) is 2. The number of amides is 1. The summed E-state index contributed by atoms with van der Waals surface area (Å²) in [5.74, 6) is -0.0259.